The van der Waals surface area contributed by atoms with E-state index in [1.54, 1.807) is 0 Å². The summed E-state index contributed by atoms with van der Waals surface area (Å²) in [5, 5.41) is 0. The smallest absolute Gasteiger partial charge is 0.223 e. The number of hydrogen-bond acceptors (Lipinski definition) is 5. The summed E-state index contributed by atoms with van der Waals surface area (Å²) >= 11 is 0. The van der Waals surface area contributed by atoms with Crippen molar-refractivity contribution in [2.24, 2.45) is 0 Å². The van der Waals surface area contributed by atoms with Crippen LogP contribution in [0.1, 0.15) is 74.9 Å². The summed E-state index contributed by atoms with van der Waals surface area (Å²) < 4.78 is 5.92. The molecule has 1 aliphatic carbocycles. The molecule has 3 unspecified atom stereocenters. The second-order valence-corrected chi connectivity index (χ2v) is 6.46. The third kappa shape index (κ3) is 2.18. The van der Waals surface area contributed by atoms with Crippen LogP contribution < -0.4 is 5.73 Å². The van der Waals surface area contributed by atoms with Crippen molar-refractivity contribution >= 4 is 5.95 Å². The lowest BCUT2D eigenvalue weighted by Crippen LogP contribution is -2.20. The van der Waals surface area contributed by atoms with E-state index in [1.165, 1.54) is 38.5 Å². The summed E-state index contributed by atoms with van der Waals surface area (Å²) in [5.74, 6) is 3.01. The number of anilines is 1. The first-order valence-electron chi connectivity index (χ1n) is 7.96. The van der Waals surface area contributed by atoms with Gasteiger partial charge in [0.05, 0.1) is 12.2 Å². The van der Waals surface area contributed by atoms with E-state index in [-0.39, 0.29) is 0 Å². The number of nitrogens with zero attached hydrogens (tertiary/aromatic N) is 3. The topological polar surface area (TPSA) is 73.9 Å². The van der Waals surface area contributed by atoms with Crippen molar-refractivity contribution < 1.29 is 4.74 Å². The van der Waals surface area contributed by atoms with E-state index in [2.05, 4.69) is 9.97 Å². The number of aromatic nitrogens is 3. The van der Waals surface area contributed by atoms with Gasteiger partial charge in [-0.15, -0.1) is 0 Å². The number of nitrogen functional groups attached to an aromatic ring is 1. The van der Waals surface area contributed by atoms with E-state index in [1.807, 2.05) is 0 Å². The predicted octanol–water partition coefficient (Wildman–Crippen LogP) is 2.54. The van der Waals surface area contributed by atoms with Crippen molar-refractivity contribution in [2.45, 2.75) is 75.4 Å². The lowest BCUT2D eigenvalue weighted by atomic mass is 9.87. The molecule has 3 fully saturated rings. The lowest BCUT2D eigenvalue weighted by Gasteiger charge is -2.22. The van der Waals surface area contributed by atoms with Crippen LogP contribution in [0.3, 0.4) is 0 Å². The zero-order valence-electron chi connectivity index (χ0n) is 11.8. The summed E-state index contributed by atoms with van der Waals surface area (Å²) in [5.41, 5.74) is 5.93. The first-order valence-corrected chi connectivity index (χ1v) is 7.96. The highest BCUT2D eigenvalue weighted by molar-refractivity contribution is 5.21. The zero-order chi connectivity index (χ0) is 13.5. The molecular weight excluding hydrogens is 252 g/mol. The molecule has 108 valence electrons. The van der Waals surface area contributed by atoms with E-state index in [4.69, 9.17) is 15.5 Å². The van der Waals surface area contributed by atoms with Gasteiger partial charge in [0.2, 0.25) is 5.95 Å². The van der Waals surface area contributed by atoms with Crippen molar-refractivity contribution in [3.8, 4) is 0 Å². The maximum Gasteiger partial charge on any atom is 0.223 e. The molecule has 5 heteroatoms. The van der Waals surface area contributed by atoms with Gasteiger partial charge in [0.15, 0.2) is 0 Å². The summed E-state index contributed by atoms with van der Waals surface area (Å²) in [6, 6.07) is 0. The molecule has 4 rings (SSSR count). The van der Waals surface area contributed by atoms with Crippen LogP contribution in [0.25, 0.3) is 0 Å². The first-order chi connectivity index (χ1) is 9.79. The molecule has 0 aromatic carbocycles. The van der Waals surface area contributed by atoms with Gasteiger partial charge < -0.3 is 10.5 Å². The van der Waals surface area contributed by atoms with Crippen molar-refractivity contribution in [1.29, 1.82) is 0 Å². The summed E-state index contributed by atoms with van der Waals surface area (Å²) in [7, 11) is 0. The van der Waals surface area contributed by atoms with Gasteiger partial charge in [-0.25, -0.2) is 4.98 Å². The van der Waals surface area contributed by atoms with E-state index < -0.39 is 0 Å². The van der Waals surface area contributed by atoms with E-state index in [0.717, 1.165) is 24.5 Å². The SMILES string of the molecule is Nc1nc(C2CCCCC2)nc(C2CC3CCC2O3)n1. The monoisotopic (exact) mass is 274 g/mol. The summed E-state index contributed by atoms with van der Waals surface area (Å²) in [6.07, 6.45) is 10.4. The molecule has 2 saturated heterocycles. The number of fused-ring (bicyclic) bond motifs is 2. The maximum atomic E-state index is 5.93. The van der Waals surface area contributed by atoms with E-state index in [0.29, 0.717) is 30.0 Å². The third-order valence-corrected chi connectivity index (χ3v) is 5.10. The van der Waals surface area contributed by atoms with Crippen LogP contribution in [0, 0.1) is 0 Å². The van der Waals surface area contributed by atoms with Gasteiger partial charge in [-0.2, -0.15) is 9.97 Å². The molecule has 1 saturated carbocycles. The zero-order valence-corrected chi connectivity index (χ0v) is 11.8. The van der Waals surface area contributed by atoms with Crippen LogP contribution >= 0.6 is 0 Å². The Bertz CT molecular complexity index is 501. The minimum Gasteiger partial charge on any atom is -0.374 e. The minimum atomic E-state index is 0.306. The average molecular weight is 274 g/mol. The Labute approximate surface area is 119 Å². The first kappa shape index (κ1) is 12.5. The normalized spacial score (nSPS) is 33.7. The molecule has 1 aromatic heterocycles. The van der Waals surface area contributed by atoms with Crippen molar-refractivity contribution in [3.63, 3.8) is 0 Å². The predicted molar refractivity (Wildman–Crippen MR) is 75.3 cm³/mol. The quantitative estimate of drug-likeness (QED) is 0.897. The molecular formula is C15H22N4O. The van der Waals surface area contributed by atoms with Gasteiger partial charge in [-0.3, -0.25) is 0 Å². The third-order valence-electron chi connectivity index (χ3n) is 5.10. The number of nitrogens with two attached hydrogens (primary N) is 1. The highest BCUT2D eigenvalue weighted by Crippen LogP contribution is 2.43. The molecule has 0 radical (unpaired) electrons. The van der Waals surface area contributed by atoms with Gasteiger partial charge in [0.1, 0.15) is 11.6 Å². The van der Waals surface area contributed by atoms with Crippen LogP contribution in [-0.2, 0) is 4.74 Å². The highest BCUT2D eigenvalue weighted by atomic mass is 16.5. The maximum absolute atomic E-state index is 5.93. The molecule has 20 heavy (non-hydrogen) atoms. The molecule has 3 atom stereocenters. The molecule has 0 spiro atoms. The Morgan fingerprint density at radius 2 is 1.70 bits per heavy atom. The molecule has 1 aromatic rings. The molecule has 3 aliphatic rings. The summed E-state index contributed by atoms with van der Waals surface area (Å²) in [6.45, 7) is 0. The fourth-order valence-electron chi connectivity index (χ4n) is 4.05. The second kappa shape index (κ2) is 4.95. The second-order valence-electron chi connectivity index (χ2n) is 6.46. The van der Waals surface area contributed by atoms with Gasteiger partial charge in [0, 0.05) is 11.8 Å². The van der Waals surface area contributed by atoms with Crippen LogP contribution in [0.4, 0.5) is 5.95 Å². The van der Waals surface area contributed by atoms with Gasteiger partial charge in [0.25, 0.3) is 0 Å². The van der Waals surface area contributed by atoms with Crippen molar-refractivity contribution in [1.82, 2.24) is 15.0 Å². The molecule has 2 bridgehead atoms. The Morgan fingerprint density at radius 1 is 0.900 bits per heavy atom. The van der Waals surface area contributed by atoms with Crippen LogP contribution in [0.15, 0.2) is 0 Å². The van der Waals surface area contributed by atoms with Crippen LogP contribution in [0.5, 0.6) is 0 Å². The fraction of sp³-hybridized carbons (Fsp3) is 0.800. The lowest BCUT2D eigenvalue weighted by molar-refractivity contribution is 0.0998. The molecule has 0 amide bonds. The minimum absolute atomic E-state index is 0.306. The molecule has 2 N–H and O–H groups in total. The van der Waals surface area contributed by atoms with Crippen molar-refractivity contribution in [3.05, 3.63) is 11.6 Å². The molecule has 5 nitrogen and oxygen atoms in total. The Hall–Kier alpha value is -1.23. The van der Waals surface area contributed by atoms with Gasteiger partial charge in [-0.1, -0.05) is 19.3 Å². The number of rotatable bonds is 2. The van der Waals surface area contributed by atoms with Crippen molar-refractivity contribution in [2.75, 3.05) is 5.73 Å². The Kier molecular flexibility index (Phi) is 3.10. The Balaban J connectivity index is 1.61. The number of ether oxygens (including phenoxy) is 1. The fourth-order valence-corrected chi connectivity index (χ4v) is 4.05. The van der Waals surface area contributed by atoms with Gasteiger partial charge >= 0.3 is 0 Å². The van der Waals surface area contributed by atoms with Crippen LogP contribution in [-0.4, -0.2) is 27.2 Å². The summed E-state index contributed by atoms with van der Waals surface area (Å²) in [4.78, 5) is 13.6. The molecule has 3 heterocycles. The largest absolute Gasteiger partial charge is 0.374 e. The van der Waals surface area contributed by atoms with Crippen LogP contribution in [0.2, 0.25) is 0 Å². The highest BCUT2D eigenvalue weighted by Gasteiger charge is 2.43. The standard InChI is InChI=1S/C15H22N4O/c16-15-18-13(9-4-2-1-3-5-9)17-14(19-15)11-8-10-6-7-12(11)20-10/h9-12H,1-8H2,(H2,16,17,18,19). The Morgan fingerprint density at radius 3 is 2.40 bits per heavy atom. The molecule has 2 aliphatic heterocycles. The van der Waals surface area contributed by atoms with E-state index in [9.17, 15) is 0 Å². The van der Waals surface area contributed by atoms with E-state index >= 15 is 0 Å². The van der Waals surface area contributed by atoms with Gasteiger partial charge in [-0.05, 0) is 32.1 Å². The number of hydrogen-bond donors (Lipinski definition) is 1. The average Bonchev–Trinajstić information content (AvgIpc) is 3.10.